The molecular weight excluding hydrogens is 260 g/mol. The normalized spacial score (nSPS) is 28.3. The highest BCUT2D eigenvalue weighted by atomic mass is 16.6. The highest BCUT2D eigenvalue weighted by molar-refractivity contribution is 4.89. The highest BCUT2D eigenvalue weighted by Gasteiger charge is 2.40. The maximum Gasteiger partial charge on any atom is 0.114 e. The molecule has 0 amide bonds. The summed E-state index contributed by atoms with van der Waals surface area (Å²) in [4.78, 5) is 0. The lowest BCUT2D eigenvalue weighted by Gasteiger charge is -2.23. The first-order valence-corrected chi connectivity index (χ1v) is 7.55. The van der Waals surface area contributed by atoms with Crippen molar-refractivity contribution in [3.8, 4) is 0 Å². The number of aliphatic hydroxyl groups excluding tert-OH is 3. The predicted octanol–water partition coefficient (Wildman–Crippen LogP) is 1.01. The molecule has 1 aliphatic rings. The van der Waals surface area contributed by atoms with Crippen LogP contribution in [-0.2, 0) is 9.47 Å². The molecule has 5 nitrogen and oxygen atoms in total. The Balaban J connectivity index is 2.17. The van der Waals surface area contributed by atoms with Gasteiger partial charge in [0.2, 0.25) is 0 Å². The Labute approximate surface area is 121 Å². The number of aliphatic hydroxyl groups is 3. The van der Waals surface area contributed by atoms with Crippen molar-refractivity contribution in [1.82, 2.24) is 0 Å². The summed E-state index contributed by atoms with van der Waals surface area (Å²) < 4.78 is 10.7. The Morgan fingerprint density at radius 2 is 2.05 bits per heavy atom. The fourth-order valence-electron chi connectivity index (χ4n) is 2.26. The second kappa shape index (κ2) is 10.3. The second-order valence-corrected chi connectivity index (χ2v) is 5.23. The first kappa shape index (κ1) is 17.6. The van der Waals surface area contributed by atoms with Crippen molar-refractivity contribution < 1.29 is 24.8 Å². The largest absolute Gasteiger partial charge is 0.394 e. The molecule has 0 aromatic rings. The first-order chi connectivity index (χ1) is 9.70. The van der Waals surface area contributed by atoms with Crippen molar-refractivity contribution in [3.63, 3.8) is 0 Å². The standard InChI is InChI=1S/C15H28O5/c1-2-3-4-5-6-7-8-9-19-13(10-16)15-14(18)12(17)11-20-15/h7-8,12-18H,2-6,9-11H2,1H3/b8-7+/t12-,13+,14-,15-/m1/s1. The van der Waals surface area contributed by atoms with Crippen LogP contribution in [0.15, 0.2) is 12.2 Å². The third-order valence-electron chi connectivity index (χ3n) is 3.53. The van der Waals surface area contributed by atoms with Crippen molar-refractivity contribution in [3.05, 3.63) is 12.2 Å². The first-order valence-electron chi connectivity index (χ1n) is 7.55. The van der Waals surface area contributed by atoms with Gasteiger partial charge in [-0.1, -0.05) is 38.3 Å². The lowest BCUT2D eigenvalue weighted by molar-refractivity contribution is -0.0942. The molecule has 0 bridgehead atoms. The number of allylic oxidation sites excluding steroid dienone is 1. The zero-order valence-corrected chi connectivity index (χ0v) is 12.3. The summed E-state index contributed by atoms with van der Waals surface area (Å²) in [6.45, 7) is 2.41. The molecular formula is C15H28O5. The van der Waals surface area contributed by atoms with Crippen molar-refractivity contribution in [2.45, 2.75) is 63.4 Å². The van der Waals surface area contributed by atoms with E-state index < -0.39 is 24.4 Å². The molecule has 1 fully saturated rings. The number of unbranched alkanes of at least 4 members (excludes halogenated alkanes) is 4. The number of rotatable bonds is 10. The third kappa shape index (κ3) is 5.89. The van der Waals surface area contributed by atoms with Gasteiger partial charge in [0.05, 0.1) is 19.8 Å². The molecule has 118 valence electrons. The molecule has 0 spiro atoms. The zero-order valence-electron chi connectivity index (χ0n) is 12.3. The van der Waals surface area contributed by atoms with Crippen molar-refractivity contribution in [2.24, 2.45) is 0 Å². The number of ether oxygens (including phenoxy) is 2. The summed E-state index contributed by atoms with van der Waals surface area (Å²) >= 11 is 0. The van der Waals surface area contributed by atoms with Gasteiger partial charge >= 0.3 is 0 Å². The van der Waals surface area contributed by atoms with Crippen LogP contribution in [0.4, 0.5) is 0 Å². The van der Waals surface area contributed by atoms with E-state index in [4.69, 9.17) is 9.47 Å². The van der Waals surface area contributed by atoms with Gasteiger partial charge < -0.3 is 24.8 Å². The van der Waals surface area contributed by atoms with Gasteiger partial charge in [-0.15, -0.1) is 0 Å². The molecule has 1 saturated heterocycles. The van der Waals surface area contributed by atoms with E-state index in [0.29, 0.717) is 6.61 Å². The minimum absolute atomic E-state index is 0.0823. The van der Waals surface area contributed by atoms with Crippen molar-refractivity contribution in [2.75, 3.05) is 19.8 Å². The van der Waals surface area contributed by atoms with Gasteiger partial charge in [-0.05, 0) is 12.8 Å². The molecule has 3 N–H and O–H groups in total. The molecule has 0 aromatic carbocycles. The summed E-state index contributed by atoms with van der Waals surface area (Å²) in [6, 6.07) is 0. The van der Waals surface area contributed by atoms with Gasteiger partial charge in [-0.3, -0.25) is 0 Å². The zero-order chi connectivity index (χ0) is 14.8. The average Bonchev–Trinajstić information content (AvgIpc) is 2.78. The summed E-state index contributed by atoms with van der Waals surface area (Å²) in [5.74, 6) is 0. The van der Waals surface area contributed by atoms with E-state index in [9.17, 15) is 15.3 Å². The number of hydrogen-bond donors (Lipinski definition) is 3. The van der Waals surface area contributed by atoms with Crippen LogP contribution in [0.5, 0.6) is 0 Å². The Kier molecular flexibility index (Phi) is 9.05. The molecule has 0 radical (unpaired) electrons. The summed E-state index contributed by atoms with van der Waals surface area (Å²) in [5, 5.41) is 28.4. The lowest BCUT2D eigenvalue weighted by atomic mass is 10.1. The van der Waals surface area contributed by atoms with Crippen molar-refractivity contribution in [1.29, 1.82) is 0 Å². The Morgan fingerprint density at radius 3 is 2.65 bits per heavy atom. The van der Waals surface area contributed by atoms with Crippen LogP contribution in [0.3, 0.4) is 0 Å². The van der Waals surface area contributed by atoms with Crippen LogP contribution in [0.1, 0.15) is 39.0 Å². The fraction of sp³-hybridized carbons (Fsp3) is 0.867. The monoisotopic (exact) mass is 288 g/mol. The molecule has 20 heavy (non-hydrogen) atoms. The van der Waals surface area contributed by atoms with E-state index in [-0.39, 0.29) is 13.2 Å². The van der Waals surface area contributed by atoms with Crippen LogP contribution in [0.25, 0.3) is 0 Å². The Bertz CT molecular complexity index is 269. The Morgan fingerprint density at radius 1 is 1.25 bits per heavy atom. The average molecular weight is 288 g/mol. The molecule has 0 unspecified atom stereocenters. The molecule has 0 aliphatic carbocycles. The molecule has 4 atom stereocenters. The quantitative estimate of drug-likeness (QED) is 0.413. The van der Waals surface area contributed by atoms with Crippen LogP contribution in [0.2, 0.25) is 0 Å². The van der Waals surface area contributed by atoms with Crippen molar-refractivity contribution >= 4 is 0 Å². The SMILES string of the molecule is CCCCCC/C=C/CO[C@@H](CO)[C@H]1OC[C@@H](O)[C@H]1O. The van der Waals surface area contributed by atoms with Crippen LogP contribution >= 0.6 is 0 Å². The molecule has 0 saturated carbocycles. The summed E-state index contributed by atoms with van der Waals surface area (Å²) in [7, 11) is 0. The summed E-state index contributed by atoms with van der Waals surface area (Å²) in [6.07, 6.45) is 6.82. The Hall–Kier alpha value is -0.460. The molecule has 1 heterocycles. The fourth-order valence-corrected chi connectivity index (χ4v) is 2.26. The van der Waals surface area contributed by atoms with E-state index in [1.807, 2.05) is 6.08 Å². The van der Waals surface area contributed by atoms with Gasteiger partial charge in [0, 0.05) is 0 Å². The van der Waals surface area contributed by atoms with E-state index in [1.165, 1.54) is 25.7 Å². The van der Waals surface area contributed by atoms with Gasteiger partial charge in [-0.25, -0.2) is 0 Å². The minimum atomic E-state index is -0.995. The predicted molar refractivity (Wildman–Crippen MR) is 76.5 cm³/mol. The second-order valence-electron chi connectivity index (χ2n) is 5.23. The van der Waals surface area contributed by atoms with Gasteiger partial charge in [0.25, 0.3) is 0 Å². The van der Waals surface area contributed by atoms with E-state index in [0.717, 1.165) is 6.42 Å². The van der Waals surface area contributed by atoms with Gasteiger partial charge in [-0.2, -0.15) is 0 Å². The smallest absolute Gasteiger partial charge is 0.114 e. The van der Waals surface area contributed by atoms with E-state index in [2.05, 4.69) is 13.0 Å². The lowest BCUT2D eigenvalue weighted by Crippen LogP contribution is -2.42. The van der Waals surface area contributed by atoms with Gasteiger partial charge in [0.15, 0.2) is 0 Å². The maximum absolute atomic E-state index is 9.70. The highest BCUT2D eigenvalue weighted by Crippen LogP contribution is 2.19. The topological polar surface area (TPSA) is 79.2 Å². The van der Waals surface area contributed by atoms with E-state index in [1.54, 1.807) is 0 Å². The van der Waals surface area contributed by atoms with Gasteiger partial charge in [0.1, 0.15) is 24.4 Å². The molecule has 0 aromatic heterocycles. The van der Waals surface area contributed by atoms with E-state index >= 15 is 0 Å². The molecule has 5 heteroatoms. The maximum atomic E-state index is 9.70. The van der Waals surface area contributed by atoms with Crippen LogP contribution in [0, 0.1) is 0 Å². The van der Waals surface area contributed by atoms with Crippen LogP contribution < -0.4 is 0 Å². The molecule has 1 aliphatic heterocycles. The minimum Gasteiger partial charge on any atom is -0.394 e. The molecule has 1 rings (SSSR count). The summed E-state index contributed by atoms with van der Waals surface area (Å²) in [5.41, 5.74) is 0. The third-order valence-corrected chi connectivity index (χ3v) is 3.53. The number of hydrogen-bond acceptors (Lipinski definition) is 5. The van der Waals surface area contributed by atoms with Crippen LogP contribution in [-0.4, -0.2) is 59.6 Å².